The summed E-state index contributed by atoms with van der Waals surface area (Å²) in [5, 5.41) is 0. The Balaban J connectivity index is 1.94. The van der Waals surface area contributed by atoms with E-state index in [2.05, 4.69) is 21.8 Å². The molecule has 6 heteroatoms. The molecule has 2 saturated heterocycles. The summed E-state index contributed by atoms with van der Waals surface area (Å²) in [5.41, 5.74) is -0.630. The van der Waals surface area contributed by atoms with Gasteiger partial charge in [-0.05, 0) is 46.5 Å². The molecule has 22 heavy (non-hydrogen) atoms. The Morgan fingerprint density at radius 3 is 2.59 bits per heavy atom. The van der Waals surface area contributed by atoms with Gasteiger partial charge in [-0.25, -0.2) is 4.98 Å². The van der Waals surface area contributed by atoms with Crippen molar-refractivity contribution < 1.29 is 12.1 Å². The minimum atomic E-state index is -0.725. The molecule has 1 aromatic rings. The van der Waals surface area contributed by atoms with Crippen LogP contribution in [0.3, 0.4) is 0 Å². The lowest BCUT2D eigenvalue weighted by Gasteiger charge is -2.32. The second-order valence-corrected chi connectivity index (χ2v) is 7.44. The van der Waals surface area contributed by atoms with Crippen LogP contribution in [0.5, 0.6) is 0 Å². The highest BCUT2D eigenvalue weighted by molar-refractivity contribution is 6.61. The summed E-state index contributed by atoms with van der Waals surface area (Å²) in [4.78, 5) is 10.8. The Morgan fingerprint density at radius 2 is 1.95 bits per heavy atom. The van der Waals surface area contributed by atoms with E-state index in [0.29, 0.717) is 17.3 Å². The van der Waals surface area contributed by atoms with Gasteiger partial charge in [0.05, 0.1) is 25.7 Å². The van der Waals surface area contributed by atoms with Gasteiger partial charge < -0.3 is 14.2 Å². The average Bonchev–Trinajstić information content (AvgIpc) is 2.67. The summed E-state index contributed by atoms with van der Waals surface area (Å²) in [6.45, 7) is 11.8. The molecule has 0 N–H and O–H groups in total. The van der Waals surface area contributed by atoms with Gasteiger partial charge in [-0.1, -0.05) is 6.92 Å². The van der Waals surface area contributed by atoms with Crippen LogP contribution in [0.2, 0.25) is 0 Å². The van der Waals surface area contributed by atoms with Crippen LogP contribution >= 0.6 is 0 Å². The Kier molecular flexibility index (Phi) is 3.33. The van der Waals surface area contributed by atoms with Gasteiger partial charge in [0.2, 0.25) is 0 Å². The molecule has 0 spiro atoms. The summed E-state index contributed by atoms with van der Waals surface area (Å²) in [5.74, 6) is 1.10. The van der Waals surface area contributed by atoms with Crippen molar-refractivity contribution in [1.29, 1.82) is 0 Å². The average molecular weight is 305 g/mol. The van der Waals surface area contributed by atoms with Crippen LogP contribution in [-0.4, -0.2) is 41.4 Å². The molecule has 3 rings (SSSR count). The maximum atomic E-state index is 8.12. The fourth-order valence-electron chi connectivity index (χ4n) is 2.88. The predicted octanol–water partition coefficient (Wildman–Crippen LogP) is 2.01. The van der Waals surface area contributed by atoms with Gasteiger partial charge in [0, 0.05) is 19.3 Å². The Hall–Kier alpha value is -1.14. The van der Waals surface area contributed by atoms with E-state index in [-0.39, 0.29) is 12.3 Å². The van der Waals surface area contributed by atoms with E-state index in [9.17, 15) is 0 Å². The van der Waals surface area contributed by atoms with Crippen molar-refractivity contribution in [1.82, 2.24) is 9.97 Å². The van der Waals surface area contributed by atoms with E-state index >= 15 is 0 Å². The fraction of sp³-hybridized carbons (Fsp3) is 0.750. The largest absolute Gasteiger partial charge is 0.516 e. The van der Waals surface area contributed by atoms with Crippen LogP contribution in [-0.2, 0) is 9.31 Å². The van der Waals surface area contributed by atoms with Crippen molar-refractivity contribution >= 4 is 18.5 Å². The molecule has 2 aliphatic heterocycles. The van der Waals surface area contributed by atoms with Crippen LogP contribution in [0.15, 0.2) is 12.3 Å². The molecule has 120 valence electrons. The highest BCUT2D eigenvalue weighted by atomic mass is 16.7. The van der Waals surface area contributed by atoms with Gasteiger partial charge >= 0.3 is 7.12 Å². The van der Waals surface area contributed by atoms with E-state index in [1.807, 2.05) is 27.7 Å². The van der Waals surface area contributed by atoms with Crippen molar-refractivity contribution in [3.05, 3.63) is 12.3 Å². The minimum Gasteiger partial charge on any atom is -0.398 e. The number of nitrogens with zero attached hydrogens (tertiary/aromatic N) is 3. The first-order chi connectivity index (χ1) is 11.1. The lowest BCUT2D eigenvalue weighted by Crippen LogP contribution is -2.41. The van der Waals surface area contributed by atoms with E-state index in [0.717, 1.165) is 19.5 Å². The third-order valence-corrected chi connectivity index (χ3v) is 4.99. The molecule has 0 saturated carbocycles. The van der Waals surface area contributed by atoms with Gasteiger partial charge in [0.1, 0.15) is 5.82 Å². The van der Waals surface area contributed by atoms with Crippen molar-refractivity contribution in [2.45, 2.75) is 58.7 Å². The van der Waals surface area contributed by atoms with Gasteiger partial charge in [-0.15, -0.1) is 0 Å². The van der Waals surface area contributed by atoms with Gasteiger partial charge in [0.25, 0.3) is 0 Å². The number of anilines is 1. The zero-order valence-electron chi connectivity index (χ0n) is 16.1. The van der Waals surface area contributed by atoms with Gasteiger partial charge in [0.15, 0.2) is 0 Å². The summed E-state index contributed by atoms with van der Waals surface area (Å²) < 4.78 is 28.3. The topological polar surface area (TPSA) is 47.5 Å². The Morgan fingerprint density at radius 1 is 1.27 bits per heavy atom. The third kappa shape index (κ3) is 2.86. The van der Waals surface area contributed by atoms with Crippen LogP contribution in [0, 0.1) is 5.92 Å². The maximum Gasteiger partial charge on any atom is 0.516 e. The molecule has 1 unspecified atom stereocenters. The number of rotatable bonds is 2. The first-order valence-electron chi connectivity index (χ1n) is 9.06. The van der Waals surface area contributed by atoms with E-state index in [1.54, 1.807) is 0 Å². The molecule has 0 amide bonds. The van der Waals surface area contributed by atoms with Gasteiger partial charge in [-0.3, -0.25) is 4.98 Å². The SMILES string of the molecule is [2H]c1nc([2H])c(N2CCCC(C)C2)nc1B1OC(C)(C)C(C)(C)O1. The van der Waals surface area contributed by atoms with Gasteiger partial charge in [-0.2, -0.15) is 0 Å². The molecular weight excluding hydrogens is 277 g/mol. The van der Waals surface area contributed by atoms with Crippen LogP contribution in [0.25, 0.3) is 0 Å². The molecule has 0 radical (unpaired) electrons. The van der Waals surface area contributed by atoms with Crippen molar-refractivity contribution in [2.24, 2.45) is 5.92 Å². The molecule has 2 aliphatic rings. The summed E-state index contributed by atoms with van der Waals surface area (Å²) in [6, 6.07) is 0. The summed E-state index contributed by atoms with van der Waals surface area (Å²) in [7, 11) is -0.725. The zero-order valence-corrected chi connectivity index (χ0v) is 14.1. The molecule has 2 fully saturated rings. The van der Waals surface area contributed by atoms with E-state index in [4.69, 9.17) is 12.1 Å². The smallest absolute Gasteiger partial charge is 0.398 e. The highest BCUT2D eigenvalue weighted by Gasteiger charge is 2.52. The maximum absolute atomic E-state index is 8.12. The Bertz CT molecular complexity index is 626. The monoisotopic (exact) mass is 305 g/mol. The summed E-state index contributed by atoms with van der Waals surface area (Å²) in [6.07, 6.45) is 2.27. The number of piperidine rings is 1. The van der Waals surface area contributed by atoms with Crippen molar-refractivity contribution in [2.75, 3.05) is 18.0 Å². The lowest BCUT2D eigenvalue weighted by atomic mass is 9.85. The molecule has 0 bridgehead atoms. The number of aromatic nitrogens is 2. The minimum absolute atomic E-state index is 0.0488. The molecule has 3 heterocycles. The second kappa shape index (κ2) is 5.50. The van der Waals surface area contributed by atoms with E-state index < -0.39 is 18.3 Å². The first-order valence-corrected chi connectivity index (χ1v) is 8.06. The molecular formula is C16H26BN3O2. The standard InChI is InChI=1S/C16H26BN3O2/c1-12-7-6-8-20(11-12)14-10-18-9-13(19-14)17-21-15(2,3)16(4,5)22-17/h9-10,12H,6-8,11H2,1-5H3/i9D,10D. The van der Waals surface area contributed by atoms with Crippen molar-refractivity contribution in [3.8, 4) is 0 Å². The summed E-state index contributed by atoms with van der Waals surface area (Å²) >= 11 is 0. The predicted molar refractivity (Wildman–Crippen MR) is 88.4 cm³/mol. The third-order valence-electron chi connectivity index (χ3n) is 4.99. The first kappa shape index (κ1) is 13.3. The normalized spacial score (nSPS) is 28.5. The highest BCUT2D eigenvalue weighted by Crippen LogP contribution is 2.36. The lowest BCUT2D eigenvalue weighted by molar-refractivity contribution is 0.00578. The van der Waals surface area contributed by atoms with Crippen LogP contribution in [0.4, 0.5) is 5.82 Å². The molecule has 5 nitrogen and oxygen atoms in total. The number of hydrogen-bond acceptors (Lipinski definition) is 5. The van der Waals surface area contributed by atoms with Crippen molar-refractivity contribution in [3.63, 3.8) is 0 Å². The van der Waals surface area contributed by atoms with E-state index in [1.165, 1.54) is 6.42 Å². The molecule has 1 atom stereocenters. The Labute approximate surface area is 136 Å². The quantitative estimate of drug-likeness (QED) is 0.782. The molecule has 1 aromatic heterocycles. The fourth-order valence-corrected chi connectivity index (χ4v) is 2.88. The second-order valence-electron chi connectivity index (χ2n) is 7.44. The van der Waals surface area contributed by atoms with Crippen LogP contribution in [0.1, 0.15) is 50.2 Å². The zero-order chi connectivity index (χ0) is 17.7. The van der Waals surface area contributed by atoms with Crippen LogP contribution < -0.4 is 10.5 Å². The number of hydrogen-bond donors (Lipinski definition) is 0. The molecule has 0 aromatic carbocycles. The molecule has 0 aliphatic carbocycles.